The zero-order valence-corrected chi connectivity index (χ0v) is 6.96. The SMILES string of the molecule is CC(C)CNc1cc[c]cn1. The third-order valence-electron chi connectivity index (χ3n) is 1.31. The van der Waals surface area contributed by atoms with Crippen LogP contribution >= 0.6 is 0 Å². The van der Waals surface area contributed by atoms with E-state index in [1.54, 1.807) is 6.20 Å². The highest BCUT2D eigenvalue weighted by Crippen LogP contribution is 2.00. The van der Waals surface area contributed by atoms with Gasteiger partial charge in [0.25, 0.3) is 0 Å². The largest absolute Gasteiger partial charge is 0.370 e. The molecule has 59 valence electrons. The molecule has 0 amide bonds. The summed E-state index contributed by atoms with van der Waals surface area (Å²) in [7, 11) is 0. The van der Waals surface area contributed by atoms with Crippen molar-refractivity contribution in [3.05, 3.63) is 24.4 Å². The van der Waals surface area contributed by atoms with Gasteiger partial charge in [0.15, 0.2) is 0 Å². The van der Waals surface area contributed by atoms with E-state index in [2.05, 4.69) is 30.2 Å². The van der Waals surface area contributed by atoms with Gasteiger partial charge in [-0.25, -0.2) is 4.98 Å². The van der Waals surface area contributed by atoms with Crippen LogP contribution in [0.2, 0.25) is 0 Å². The van der Waals surface area contributed by atoms with Crippen molar-refractivity contribution >= 4 is 5.82 Å². The molecule has 0 aliphatic rings. The summed E-state index contributed by atoms with van der Waals surface area (Å²) in [6.45, 7) is 5.31. The maximum atomic E-state index is 4.08. The maximum absolute atomic E-state index is 4.08. The first kappa shape index (κ1) is 8.05. The molecule has 0 saturated heterocycles. The van der Waals surface area contributed by atoms with Crippen LogP contribution in [0.1, 0.15) is 13.8 Å². The number of rotatable bonds is 3. The molecular formula is C9H13N2. The number of anilines is 1. The van der Waals surface area contributed by atoms with E-state index >= 15 is 0 Å². The number of aromatic nitrogens is 1. The lowest BCUT2D eigenvalue weighted by Crippen LogP contribution is -2.08. The molecule has 0 bridgehead atoms. The van der Waals surface area contributed by atoms with Crippen LogP contribution in [0.25, 0.3) is 0 Å². The highest BCUT2D eigenvalue weighted by Gasteiger charge is 1.93. The molecule has 0 unspecified atom stereocenters. The molecule has 1 rings (SSSR count). The molecule has 0 aliphatic carbocycles. The smallest absolute Gasteiger partial charge is 0.125 e. The zero-order chi connectivity index (χ0) is 8.10. The molecule has 1 aromatic rings. The van der Waals surface area contributed by atoms with Crippen molar-refractivity contribution < 1.29 is 0 Å². The van der Waals surface area contributed by atoms with Gasteiger partial charge < -0.3 is 5.32 Å². The van der Waals surface area contributed by atoms with Gasteiger partial charge in [0.1, 0.15) is 5.82 Å². The van der Waals surface area contributed by atoms with Crippen molar-refractivity contribution in [2.45, 2.75) is 13.8 Å². The van der Waals surface area contributed by atoms with Crippen molar-refractivity contribution in [1.82, 2.24) is 4.98 Å². The summed E-state index contributed by atoms with van der Waals surface area (Å²) >= 11 is 0. The molecule has 1 radical (unpaired) electrons. The van der Waals surface area contributed by atoms with Gasteiger partial charge >= 0.3 is 0 Å². The average molecular weight is 149 g/mol. The molecule has 0 aliphatic heterocycles. The van der Waals surface area contributed by atoms with Crippen LogP contribution in [0.3, 0.4) is 0 Å². The Bertz CT molecular complexity index is 194. The molecule has 0 atom stereocenters. The van der Waals surface area contributed by atoms with Gasteiger partial charge in [0, 0.05) is 18.8 Å². The summed E-state index contributed by atoms with van der Waals surface area (Å²) in [5.74, 6) is 1.58. The molecule has 2 heteroatoms. The minimum atomic E-state index is 0.654. The van der Waals surface area contributed by atoms with Crippen LogP contribution < -0.4 is 5.32 Å². The lowest BCUT2D eigenvalue weighted by atomic mass is 10.2. The predicted molar refractivity (Wildman–Crippen MR) is 46.4 cm³/mol. The van der Waals surface area contributed by atoms with E-state index in [-0.39, 0.29) is 0 Å². The summed E-state index contributed by atoms with van der Waals surface area (Å²) in [5, 5.41) is 3.21. The van der Waals surface area contributed by atoms with Gasteiger partial charge in [-0.1, -0.05) is 13.8 Å². The summed E-state index contributed by atoms with van der Waals surface area (Å²) in [5.41, 5.74) is 0. The number of nitrogens with one attached hydrogen (secondary N) is 1. The first-order valence-electron chi connectivity index (χ1n) is 3.85. The highest BCUT2D eigenvalue weighted by molar-refractivity contribution is 5.32. The Balaban J connectivity index is 2.39. The van der Waals surface area contributed by atoms with E-state index in [0.717, 1.165) is 12.4 Å². The Morgan fingerprint density at radius 1 is 1.64 bits per heavy atom. The Kier molecular flexibility index (Phi) is 2.90. The summed E-state index contributed by atoms with van der Waals surface area (Å²) in [6.07, 6.45) is 1.67. The summed E-state index contributed by atoms with van der Waals surface area (Å²) in [6, 6.07) is 6.65. The van der Waals surface area contributed by atoms with Gasteiger partial charge in [0.2, 0.25) is 0 Å². The number of hydrogen-bond acceptors (Lipinski definition) is 2. The number of nitrogens with zero attached hydrogens (tertiary/aromatic N) is 1. The monoisotopic (exact) mass is 149 g/mol. The molecule has 1 heterocycles. The molecular weight excluding hydrogens is 136 g/mol. The minimum absolute atomic E-state index is 0.654. The van der Waals surface area contributed by atoms with Crippen LogP contribution in [0.5, 0.6) is 0 Å². The average Bonchev–Trinajstić information content (AvgIpc) is 2.03. The number of hydrogen-bond donors (Lipinski definition) is 1. The van der Waals surface area contributed by atoms with Crippen molar-refractivity contribution in [2.24, 2.45) is 5.92 Å². The highest BCUT2D eigenvalue weighted by atomic mass is 15.0. The number of pyridine rings is 1. The van der Waals surface area contributed by atoms with Crippen LogP contribution in [-0.4, -0.2) is 11.5 Å². The van der Waals surface area contributed by atoms with Gasteiger partial charge in [-0.3, -0.25) is 0 Å². The van der Waals surface area contributed by atoms with Crippen LogP contribution in [0.4, 0.5) is 5.82 Å². The fourth-order valence-electron chi connectivity index (χ4n) is 0.733. The van der Waals surface area contributed by atoms with E-state index < -0.39 is 0 Å². The fraction of sp³-hybridized carbons (Fsp3) is 0.444. The lowest BCUT2D eigenvalue weighted by Gasteiger charge is -2.06. The normalized spacial score (nSPS) is 10.1. The Hall–Kier alpha value is -1.05. The second-order valence-corrected chi connectivity index (χ2v) is 2.92. The van der Waals surface area contributed by atoms with Crippen molar-refractivity contribution in [3.8, 4) is 0 Å². The summed E-state index contributed by atoms with van der Waals surface area (Å²) in [4.78, 5) is 4.08. The molecule has 0 saturated carbocycles. The first-order chi connectivity index (χ1) is 5.29. The van der Waals surface area contributed by atoms with E-state index in [0.29, 0.717) is 5.92 Å². The van der Waals surface area contributed by atoms with Gasteiger partial charge in [-0.2, -0.15) is 0 Å². The molecule has 1 aromatic heterocycles. The minimum Gasteiger partial charge on any atom is -0.370 e. The molecule has 0 fully saturated rings. The quantitative estimate of drug-likeness (QED) is 0.710. The van der Waals surface area contributed by atoms with Crippen LogP contribution in [-0.2, 0) is 0 Å². The fourth-order valence-corrected chi connectivity index (χ4v) is 0.733. The lowest BCUT2D eigenvalue weighted by molar-refractivity contribution is 0.687. The van der Waals surface area contributed by atoms with E-state index in [1.807, 2.05) is 12.1 Å². The first-order valence-corrected chi connectivity index (χ1v) is 3.85. The van der Waals surface area contributed by atoms with Gasteiger partial charge in [0.05, 0.1) is 0 Å². The zero-order valence-electron chi connectivity index (χ0n) is 6.96. The van der Waals surface area contributed by atoms with Gasteiger partial charge in [-0.05, 0) is 18.1 Å². The molecule has 0 aromatic carbocycles. The predicted octanol–water partition coefficient (Wildman–Crippen LogP) is 1.95. The van der Waals surface area contributed by atoms with E-state index in [9.17, 15) is 0 Å². The third kappa shape index (κ3) is 3.03. The van der Waals surface area contributed by atoms with Crippen molar-refractivity contribution in [2.75, 3.05) is 11.9 Å². The van der Waals surface area contributed by atoms with Crippen molar-refractivity contribution in [1.29, 1.82) is 0 Å². The third-order valence-corrected chi connectivity index (χ3v) is 1.31. The molecule has 0 spiro atoms. The van der Waals surface area contributed by atoms with Crippen molar-refractivity contribution in [3.63, 3.8) is 0 Å². The summed E-state index contributed by atoms with van der Waals surface area (Å²) < 4.78 is 0. The topological polar surface area (TPSA) is 24.9 Å². The molecule has 11 heavy (non-hydrogen) atoms. The second kappa shape index (κ2) is 3.96. The molecule has 2 nitrogen and oxygen atoms in total. The Morgan fingerprint density at radius 3 is 3.00 bits per heavy atom. The van der Waals surface area contributed by atoms with E-state index in [4.69, 9.17) is 0 Å². The van der Waals surface area contributed by atoms with Crippen LogP contribution in [0.15, 0.2) is 18.3 Å². The van der Waals surface area contributed by atoms with Crippen LogP contribution in [0, 0.1) is 12.0 Å². The van der Waals surface area contributed by atoms with E-state index in [1.165, 1.54) is 0 Å². The standard InChI is InChI=1S/C9H13N2/c1-8(2)7-11-9-5-3-4-6-10-9/h3,5-6,8H,7H2,1-2H3,(H,10,11). The Labute approximate surface area is 67.7 Å². The van der Waals surface area contributed by atoms with Gasteiger partial charge in [-0.15, -0.1) is 0 Å². The second-order valence-electron chi connectivity index (χ2n) is 2.92. The maximum Gasteiger partial charge on any atom is 0.125 e. The molecule has 1 N–H and O–H groups in total. The Morgan fingerprint density at radius 2 is 2.45 bits per heavy atom.